The molecule has 1 aromatic heterocycles. The lowest BCUT2D eigenvalue weighted by atomic mass is 10.1. The van der Waals surface area contributed by atoms with E-state index in [9.17, 15) is 4.79 Å². The predicted octanol–water partition coefficient (Wildman–Crippen LogP) is 2.21. The summed E-state index contributed by atoms with van der Waals surface area (Å²) in [5.41, 5.74) is 1.32. The first-order valence-corrected chi connectivity index (χ1v) is 7.06. The largest absolute Gasteiger partial charge is 0.478 e. The molecular weight excluding hydrogens is 322 g/mol. The van der Waals surface area contributed by atoms with Crippen LogP contribution in [0.2, 0.25) is 0 Å². The van der Waals surface area contributed by atoms with Crippen molar-refractivity contribution in [2.75, 3.05) is 6.54 Å². The van der Waals surface area contributed by atoms with Crippen LogP contribution in [-0.2, 0) is 20.0 Å². The number of carboxylic acids is 1. The first-order valence-electron chi connectivity index (χ1n) is 6.26. The van der Waals surface area contributed by atoms with Crippen LogP contribution < -0.4 is 5.32 Å². The van der Waals surface area contributed by atoms with Crippen molar-refractivity contribution >= 4 is 21.9 Å². The molecule has 0 aliphatic rings. The van der Waals surface area contributed by atoms with E-state index in [1.807, 2.05) is 23.9 Å². The Labute approximate surface area is 125 Å². The number of hydrogen-bond acceptors (Lipinski definition) is 3. The van der Waals surface area contributed by atoms with Crippen molar-refractivity contribution in [2.24, 2.45) is 7.05 Å². The van der Waals surface area contributed by atoms with Gasteiger partial charge in [0, 0.05) is 43.4 Å². The van der Waals surface area contributed by atoms with Crippen LogP contribution in [0, 0.1) is 0 Å². The third-order valence-electron chi connectivity index (χ3n) is 3.06. The Balaban J connectivity index is 1.85. The zero-order chi connectivity index (χ0) is 14.5. The molecule has 20 heavy (non-hydrogen) atoms. The van der Waals surface area contributed by atoms with Crippen LogP contribution in [0.15, 0.2) is 35.1 Å². The molecule has 0 aliphatic heterocycles. The van der Waals surface area contributed by atoms with Gasteiger partial charge in [0.2, 0.25) is 0 Å². The molecule has 106 valence electrons. The lowest BCUT2D eigenvalue weighted by Crippen LogP contribution is -2.18. The van der Waals surface area contributed by atoms with E-state index in [0.717, 1.165) is 28.8 Å². The predicted molar refractivity (Wildman–Crippen MR) is 79.7 cm³/mol. The van der Waals surface area contributed by atoms with Gasteiger partial charge in [0.1, 0.15) is 5.82 Å². The third kappa shape index (κ3) is 3.68. The smallest absolute Gasteiger partial charge is 0.335 e. The topological polar surface area (TPSA) is 67.2 Å². The van der Waals surface area contributed by atoms with E-state index in [1.54, 1.807) is 18.3 Å². The summed E-state index contributed by atoms with van der Waals surface area (Å²) in [5, 5.41) is 12.2. The summed E-state index contributed by atoms with van der Waals surface area (Å²) < 4.78 is 2.81. The molecule has 6 heteroatoms. The number of aryl methyl sites for hydroxylation is 1. The Hall–Kier alpha value is -1.66. The maximum absolute atomic E-state index is 10.8. The Morgan fingerprint density at radius 2 is 2.30 bits per heavy atom. The summed E-state index contributed by atoms with van der Waals surface area (Å²) in [6.07, 6.45) is 4.57. The molecule has 2 aromatic rings. The highest BCUT2D eigenvalue weighted by molar-refractivity contribution is 9.10. The van der Waals surface area contributed by atoms with E-state index in [0.29, 0.717) is 6.54 Å². The maximum Gasteiger partial charge on any atom is 0.335 e. The molecule has 0 spiro atoms. The minimum atomic E-state index is -0.917. The van der Waals surface area contributed by atoms with Gasteiger partial charge in [-0.3, -0.25) is 0 Å². The number of aromatic nitrogens is 2. The first kappa shape index (κ1) is 14.7. The van der Waals surface area contributed by atoms with Gasteiger partial charge in [0.15, 0.2) is 0 Å². The van der Waals surface area contributed by atoms with Crippen molar-refractivity contribution < 1.29 is 9.90 Å². The fourth-order valence-electron chi connectivity index (χ4n) is 1.88. The molecule has 0 aliphatic carbocycles. The van der Waals surface area contributed by atoms with Gasteiger partial charge in [0.25, 0.3) is 0 Å². The van der Waals surface area contributed by atoms with E-state index in [-0.39, 0.29) is 5.56 Å². The van der Waals surface area contributed by atoms with E-state index >= 15 is 0 Å². The normalized spacial score (nSPS) is 10.7. The van der Waals surface area contributed by atoms with Crippen LogP contribution in [0.1, 0.15) is 21.7 Å². The van der Waals surface area contributed by atoms with Gasteiger partial charge in [-0.15, -0.1) is 0 Å². The van der Waals surface area contributed by atoms with Gasteiger partial charge in [-0.2, -0.15) is 0 Å². The molecule has 1 aromatic carbocycles. The van der Waals surface area contributed by atoms with Crippen molar-refractivity contribution in [3.05, 3.63) is 52.0 Å². The second-order valence-electron chi connectivity index (χ2n) is 4.49. The van der Waals surface area contributed by atoms with Crippen LogP contribution >= 0.6 is 15.9 Å². The lowest BCUT2D eigenvalue weighted by molar-refractivity contribution is 0.0697. The molecule has 0 fully saturated rings. The van der Waals surface area contributed by atoms with E-state index in [1.165, 1.54) is 0 Å². The molecule has 5 nitrogen and oxygen atoms in total. The monoisotopic (exact) mass is 337 g/mol. The van der Waals surface area contributed by atoms with Gasteiger partial charge in [0.05, 0.1) is 5.56 Å². The van der Waals surface area contributed by atoms with Crippen molar-refractivity contribution in [3.63, 3.8) is 0 Å². The SMILES string of the molecule is Cn1ccnc1CCNCc1ccc(C(=O)O)cc1Br. The van der Waals surface area contributed by atoms with Gasteiger partial charge in [-0.1, -0.05) is 22.0 Å². The Bertz CT molecular complexity index is 610. The standard InChI is InChI=1S/C14H16BrN3O2/c1-18-7-6-17-13(18)4-5-16-9-11-3-2-10(14(19)20)8-12(11)15/h2-3,6-8,16H,4-5,9H2,1H3,(H,19,20). The number of nitrogens with one attached hydrogen (secondary N) is 1. The molecule has 0 amide bonds. The highest BCUT2D eigenvalue weighted by Gasteiger charge is 2.06. The van der Waals surface area contributed by atoms with Gasteiger partial charge < -0.3 is 15.0 Å². The van der Waals surface area contributed by atoms with Crippen LogP contribution in [-0.4, -0.2) is 27.2 Å². The number of carbonyl (C=O) groups is 1. The number of carboxylic acid groups (broad SMARTS) is 1. The number of halogens is 1. The van der Waals surface area contributed by atoms with Crippen LogP contribution in [0.4, 0.5) is 0 Å². The van der Waals surface area contributed by atoms with Gasteiger partial charge >= 0.3 is 5.97 Å². The molecule has 1 heterocycles. The number of nitrogens with zero attached hydrogens (tertiary/aromatic N) is 2. The van der Waals surface area contributed by atoms with Crippen molar-refractivity contribution in [1.82, 2.24) is 14.9 Å². The summed E-state index contributed by atoms with van der Waals surface area (Å²) in [4.78, 5) is 15.1. The minimum Gasteiger partial charge on any atom is -0.478 e. The molecule has 0 atom stereocenters. The number of rotatable bonds is 6. The summed E-state index contributed by atoms with van der Waals surface area (Å²) in [6, 6.07) is 5.06. The first-order chi connectivity index (χ1) is 9.58. The number of imidazole rings is 1. The number of benzene rings is 1. The van der Waals surface area contributed by atoms with E-state index in [2.05, 4.69) is 26.2 Å². The minimum absolute atomic E-state index is 0.286. The van der Waals surface area contributed by atoms with Crippen LogP contribution in [0.3, 0.4) is 0 Å². The second kappa shape index (κ2) is 6.67. The zero-order valence-electron chi connectivity index (χ0n) is 11.1. The van der Waals surface area contributed by atoms with Crippen molar-refractivity contribution in [1.29, 1.82) is 0 Å². The molecule has 0 radical (unpaired) electrons. The second-order valence-corrected chi connectivity index (χ2v) is 5.35. The average molecular weight is 338 g/mol. The molecular formula is C14H16BrN3O2. The summed E-state index contributed by atoms with van der Waals surface area (Å²) in [5.74, 6) is 0.123. The summed E-state index contributed by atoms with van der Waals surface area (Å²) in [7, 11) is 1.98. The Morgan fingerprint density at radius 1 is 1.50 bits per heavy atom. The fraction of sp³-hybridized carbons (Fsp3) is 0.286. The number of hydrogen-bond donors (Lipinski definition) is 2. The summed E-state index contributed by atoms with van der Waals surface area (Å²) in [6.45, 7) is 1.50. The molecule has 2 N–H and O–H groups in total. The Kier molecular flexibility index (Phi) is 4.92. The molecule has 0 unspecified atom stereocenters. The highest BCUT2D eigenvalue weighted by Crippen LogP contribution is 2.18. The molecule has 2 rings (SSSR count). The van der Waals surface area contributed by atoms with Gasteiger partial charge in [-0.25, -0.2) is 9.78 Å². The number of aromatic carboxylic acids is 1. The molecule has 0 saturated carbocycles. The zero-order valence-corrected chi connectivity index (χ0v) is 12.7. The van der Waals surface area contributed by atoms with E-state index in [4.69, 9.17) is 5.11 Å². The van der Waals surface area contributed by atoms with Crippen LogP contribution in [0.25, 0.3) is 0 Å². The quantitative estimate of drug-likeness (QED) is 0.793. The lowest BCUT2D eigenvalue weighted by Gasteiger charge is -2.08. The van der Waals surface area contributed by atoms with Crippen molar-refractivity contribution in [3.8, 4) is 0 Å². The van der Waals surface area contributed by atoms with E-state index < -0.39 is 5.97 Å². The van der Waals surface area contributed by atoms with Crippen LogP contribution in [0.5, 0.6) is 0 Å². The molecule has 0 saturated heterocycles. The highest BCUT2D eigenvalue weighted by atomic mass is 79.9. The summed E-state index contributed by atoms with van der Waals surface area (Å²) >= 11 is 3.40. The average Bonchev–Trinajstić information content (AvgIpc) is 2.81. The van der Waals surface area contributed by atoms with Crippen molar-refractivity contribution in [2.45, 2.75) is 13.0 Å². The fourth-order valence-corrected chi connectivity index (χ4v) is 2.40. The Morgan fingerprint density at radius 3 is 2.90 bits per heavy atom. The maximum atomic E-state index is 10.8. The van der Waals surface area contributed by atoms with Gasteiger partial charge in [-0.05, 0) is 17.7 Å². The molecule has 0 bridgehead atoms. The third-order valence-corrected chi connectivity index (χ3v) is 3.80.